The van der Waals surface area contributed by atoms with Crippen LogP contribution in [0.3, 0.4) is 0 Å². The summed E-state index contributed by atoms with van der Waals surface area (Å²) < 4.78 is 4.10. The summed E-state index contributed by atoms with van der Waals surface area (Å²) in [5, 5.41) is 17.8. The summed E-state index contributed by atoms with van der Waals surface area (Å²) in [5.74, 6) is 3.24. The first-order valence-electron chi connectivity index (χ1n) is 8.70. The van der Waals surface area contributed by atoms with Crippen LogP contribution in [0.15, 0.2) is 36.9 Å². The van der Waals surface area contributed by atoms with Gasteiger partial charge in [0.25, 0.3) is 0 Å². The van der Waals surface area contributed by atoms with Gasteiger partial charge in [0, 0.05) is 38.4 Å². The highest BCUT2D eigenvalue weighted by atomic mass is 15.3. The molecule has 0 N–H and O–H groups in total. The van der Waals surface area contributed by atoms with Crippen LogP contribution in [0.4, 0.5) is 5.82 Å². The minimum Gasteiger partial charge on any atom is -0.357 e. The smallest absolute Gasteiger partial charge is 0.152 e. The second kappa shape index (κ2) is 6.96. The fraction of sp³-hybridized carbons (Fsp3) is 0.389. The standard InChI is InChI=1S/C18H20N8/c1-24-17(12-25-10-7-20-13-25)22-23-18(24)14-5-8-26(9-6-14)16-4-2-3-15(11-19)21-16/h2-4,7,10,13-14H,5-6,8-9,12H2,1H3. The lowest BCUT2D eigenvalue weighted by molar-refractivity contribution is 0.470. The highest BCUT2D eigenvalue weighted by molar-refractivity contribution is 5.42. The molecule has 26 heavy (non-hydrogen) atoms. The van der Waals surface area contributed by atoms with Crippen molar-refractivity contribution in [3.8, 4) is 6.07 Å². The number of anilines is 1. The van der Waals surface area contributed by atoms with E-state index in [1.54, 1.807) is 18.6 Å². The van der Waals surface area contributed by atoms with Crippen molar-refractivity contribution in [3.63, 3.8) is 0 Å². The minimum atomic E-state index is 0.388. The maximum absolute atomic E-state index is 9.02. The van der Waals surface area contributed by atoms with Crippen LogP contribution in [0, 0.1) is 11.3 Å². The molecule has 0 unspecified atom stereocenters. The summed E-state index contributed by atoms with van der Waals surface area (Å²) in [5.41, 5.74) is 0.460. The van der Waals surface area contributed by atoms with Crippen LogP contribution in [0.25, 0.3) is 0 Å². The third-order valence-corrected chi connectivity index (χ3v) is 4.91. The summed E-state index contributed by atoms with van der Waals surface area (Å²) >= 11 is 0. The highest BCUT2D eigenvalue weighted by Gasteiger charge is 2.25. The molecule has 0 spiro atoms. The summed E-state index contributed by atoms with van der Waals surface area (Å²) in [6.07, 6.45) is 7.47. The molecule has 132 valence electrons. The van der Waals surface area contributed by atoms with Crippen molar-refractivity contribution >= 4 is 5.82 Å². The topological polar surface area (TPSA) is 88.5 Å². The van der Waals surface area contributed by atoms with Gasteiger partial charge in [-0.05, 0) is 25.0 Å². The van der Waals surface area contributed by atoms with E-state index in [9.17, 15) is 0 Å². The van der Waals surface area contributed by atoms with Crippen LogP contribution in [0.5, 0.6) is 0 Å². The molecule has 0 aromatic carbocycles. The van der Waals surface area contributed by atoms with E-state index in [1.165, 1.54) is 0 Å². The van der Waals surface area contributed by atoms with E-state index in [0.717, 1.165) is 43.4 Å². The zero-order valence-corrected chi connectivity index (χ0v) is 14.7. The van der Waals surface area contributed by atoms with Crippen molar-refractivity contribution in [3.05, 3.63) is 54.3 Å². The molecule has 1 fully saturated rings. The molecule has 0 saturated carbocycles. The van der Waals surface area contributed by atoms with Crippen LogP contribution in [-0.4, -0.2) is 42.4 Å². The summed E-state index contributed by atoms with van der Waals surface area (Å²) in [4.78, 5) is 10.7. The van der Waals surface area contributed by atoms with E-state index in [-0.39, 0.29) is 0 Å². The summed E-state index contributed by atoms with van der Waals surface area (Å²) in [6, 6.07) is 7.69. The van der Waals surface area contributed by atoms with Gasteiger partial charge in [0.15, 0.2) is 5.82 Å². The molecule has 4 heterocycles. The Hall–Kier alpha value is -3.21. The molecule has 4 rings (SSSR count). The Kier molecular flexibility index (Phi) is 4.35. The average molecular weight is 348 g/mol. The number of imidazole rings is 1. The first-order chi connectivity index (χ1) is 12.7. The zero-order chi connectivity index (χ0) is 17.9. The largest absolute Gasteiger partial charge is 0.357 e. The number of nitrogens with zero attached hydrogens (tertiary/aromatic N) is 8. The molecule has 0 radical (unpaired) electrons. The molecule has 1 aliphatic heterocycles. The van der Waals surface area contributed by atoms with E-state index < -0.39 is 0 Å². The number of piperidine rings is 1. The maximum Gasteiger partial charge on any atom is 0.152 e. The Morgan fingerprint density at radius 2 is 2.08 bits per heavy atom. The fourth-order valence-corrected chi connectivity index (χ4v) is 3.44. The Morgan fingerprint density at radius 3 is 2.81 bits per heavy atom. The van der Waals surface area contributed by atoms with E-state index in [2.05, 4.69) is 35.7 Å². The molecule has 8 nitrogen and oxygen atoms in total. The normalized spacial score (nSPS) is 15.2. The van der Waals surface area contributed by atoms with Crippen LogP contribution >= 0.6 is 0 Å². The van der Waals surface area contributed by atoms with Crippen LogP contribution in [0.1, 0.15) is 36.1 Å². The van der Waals surface area contributed by atoms with Crippen molar-refractivity contribution in [2.75, 3.05) is 18.0 Å². The van der Waals surface area contributed by atoms with Gasteiger partial charge in [0.1, 0.15) is 23.4 Å². The van der Waals surface area contributed by atoms with Gasteiger partial charge < -0.3 is 14.0 Å². The number of pyridine rings is 1. The van der Waals surface area contributed by atoms with Crippen molar-refractivity contribution in [1.29, 1.82) is 5.26 Å². The molecular formula is C18H20N8. The van der Waals surface area contributed by atoms with Gasteiger partial charge in [-0.3, -0.25) is 0 Å². The van der Waals surface area contributed by atoms with Crippen LogP contribution < -0.4 is 4.90 Å². The van der Waals surface area contributed by atoms with Gasteiger partial charge in [-0.25, -0.2) is 9.97 Å². The number of nitriles is 1. The Balaban J connectivity index is 1.43. The number of rotatable bonds is 4. The number of hydrogen-bond donors (Lipinski definition) is 0. The minimum absolute atomic E-state index is 0.388. The van der Waals surface area contributed by atoms with Crippen LogP contribution in [0.2, 0.25) is 0 Å². The van der Waals surface area contributed by atoms with Gasteiger partial charge in [0.2, 0.25) is 0 Å². The SMILES string of the molecule is Cn1c(Cn2ccnc2)nnc1C1CCN(c2cccc(C#N)n2)CC1. The number of aromatic nitrogens is 6. The van der Waals surface area contributed by atoms with Crippen molar-refractivity contribution in [2.24, 2.45) is 7.05 Å². The predicted octanol–water partition coefficient (Wildman–Crippen LogP) is 1.71. The number of hydrogen-bond acceptors (Lipinski definition) is 6. The molecule has 3 aromatic heterocycles. The molecule has 0 aliphatic carbocycles. The Labute approximate surface area is 151 Å². The van der Waals surface area contributed by atoms with Crippen molar-refractivity contribution in [2.45, 2.75) is 25.3 Å². The lowest BCUT2D eigenvalue weighted by atomic mass is 9.96. The lowest BCUT2D eigenvalue weighted by Gasteiger charge is -2.32. The van der Waals surface area contributed by atoms with E-state index in [0.29, 0.717) is 18.2 Å². The monoisotopic (exact) mass is 348 g/mol. The van der Waals surface area contributed by atoms with E-state index in [1.807, 2.05) is 29.9 Å². The average Bonchev–Trinajstić information content (AvgIpc) is 3.33. The molecule has 8 heteroatoms. The highest BCUT2D eigenvalue weighted by Crippen LogP contribution is 2.29. The second-order valence-electron chi connectivity index (χ2n) is 6.52. The Bertz CT molecular complexity index is 913. The quantitative estimate of drug-likeness (QED) is 0.713. The van der Waals surface area contributed by atoms with E-state index in [4.69, 9.17) is 5.26 Å². The first-order valence-corrected chi connectivity index (χ1v) is 8.70. The van der Waals surface area contributed by atoms with Gasteiger partial charge in [-0.1, -0.05) is 6.07 Å². The van der Waals surface area contributed by atoms with Gasteiger partial charge in [0.05, 0.1) is 12.9 Å². The molecule has 3 aromatic rings. The molecule has 0 atom stereocenters. The molecular weight excluding hydrogens is 328 g/mol. The maximum atomic E-state index is 9.02. The first kappa shape index (κ1) is 16.3. The van der Waals surface area contributed by atoms with E-state index >= 15 is 0 Å². The van der Waals surface area contributed by atoms with Gasteiger partial charge in [-0.15, -0.1) is 10.2 Å². The zero-order valence-electron chi connectivity index (χ0n) is 14.7. The van der Waals surface area contributed by atoms with Crippen LogP contribution in [-0.2, 0) is 13.6 Å². The second-order valence-corrected chi connectivity index (χ2v) is 6.52. The van der Waals surface area contributed by atoms with Crippen molar-refractivity contribution < 1.29 is 0 Å². The fourth-order valence-electron chi connectivity index (χ4n) is 3.44. The van der Waals surface area contributed by atoms with Gasteiger partial charge >= 0.3 is 0 Å². The molecule has 0 amide bonds. The van der Waals surface area contributed by atoms with Crippen molar-refractivity contribution in [1.82, 2.24) is 29.3 Å². The molecule has 0 bridgehead atoms. The molecule has 1 saturated heterocycles. The van der Waals surface area contributed by atoms with Gasteiger partial charge in [-0.2, -0.15) is 5.26 Å². The predicted molar refractivity (Wildman–Crippen MR) is 95.5 cm³/mol. The summed E-state index contributed by atoms with van der Waals surface area (Å²) in [7, 11) is 2.03. The summed E-state index contributed by atoms with van der Waals surface area (Å²) in [6.45, 7) is 2.47. The Morgan fingerprint density at radius 1 is 1.23 bits per heavy atom. The molecule has 1 aliphatic rings. The third-order valence-electron chi connectivity index (χ3n) is 4.91. The lowest BCUT2D eigenvalue weighted by Crippen LogP contribution is -2.34. The third kappa shape index (κ3) is 3.16.